The van der Waals surface area contributed by atoms with Crippen LogP contribution in [0.4, 0.5) is 5.69 Å². The summed E-state index contributed by atoms with van der Waals surface area (Å²) in [5.74, 6) is -1.04. The van der Waals surface area contributed by atoms with E-state index in [1.54, 1.807) is 18.2 Å². The minimum absolute atomic E-state index is 0.100. The van der Waals surface area contributed by atoms with Crippen LogP contribution in [0.1, 0.15) is 22.8 Å². The van der Waals surface area contributed by atoms with Crippen molar-refractivity contribution in [3.8, 4) is 0 Å². The molecule has 7 nitrogen and oxygen atoms in total. The molecule has 2 heterocycles. The summed E-state index contributed by atoms with van der Waals surface area (Å²) in [7, 11) is 1.30. The number of H-pyrrole nitrogens is 1. The van der Waals surface area contributed by atoms with Crippen molar-refractivity contribution in [3.05, 3.63) is 59.8 Å². The van der Waals surface area contributed by atoms with Crippen molar-refractivity contribution in [1.29, 1.82) is 0 Å². The largest absolute Gasteiger partial charge is 0.467 e. The van der Waals surface area contributed by atoms with Crippen LogP contribution in [0.2, 0.25) is 0 Å². The zero-order valence-electron chi connectivity index (χ0n) is 16.5. The van der Waals surface area contributed by atoms with Gasteiger partial charge in [-0.3, -0.25) is 9.59 Å². The second-order valence-electron chi connectivity index (χ2n) is 7.07. The summed E-state index contributed by atoms with van der Waals surface area (Å²) in [6, 6.07) is 12.0. The van der Waals surface area contributed by atoms with E-state index in [0.29, 0.717) is 11.3 Å². The highest BCUT2D eigenvalue weighted by molar-refractivity contribution is 8.00. The molecule has 30 heavy (non-hydrogen) atoms. The molecule has 2 amide bonds. The molecule has 8 heteroatoms. The van der Waals surface area contributed by atoms with Gasteiger partial charge in [0.05, 0.1) is 18.0 Å². The van der Waals surface area contributed by atoms with E-state index in [9.17, 15) is 14.4 Å². The molecule has 3 aromatic rings. The van der Waals surface area contributed by atoms with Crippen molar-refractivity contribution in [3.63, 3.8) is 0 Å². The Morgan fingerprint density at radius 3 is 2.83 bits per heavy atom. The lowest BCUT2D eigenvalue weighted by Crippen LogP contribution is -2.43. The molecule has 154 valence electrons. The fraction of sp³-hybridized carbons (Fsp3) is 0.227. The number of anilines is 1. The maximum Gasteiger partial charge on any atom is 0.328 e. The number of aromatic nitrogens is 1. The van der Waals surface area contributed by atoms with Crippen LogP contribution in [0.15, 0.2) is 53.6 Å². The van der Waals surface area contributed by atoms with E-state index in [-0.39, 0.29) is 17.6 Å². The Morgan fingerprint density at radius 2 is 2.03 bits per heavy atom. The van der Waals surface area contributed by atoms with Crippen molar-refractivity contribution < 1.29 is 19.1 Å². The minimum atomic E-state index is -0.846. The first-order chi connectivity index (χ1) is 14.5. The van der Waals surface area contributed by atoms with E-state index in [1.807, 2.05) is 37.4 Å². The van der Waals surface area contributed by atoms with Crippen LogP contribution in [0.5, 0.6) is 0 Å². The van der Waals surface area contributed by atoms with E-state index in [0.717, 1.165) is 21.4 Å². The normalized spacial score (nSPS) is 16.5. The number of methoxy groups -OCH3 is 1. The smallest absolute Gasteiger partial charge is 0.328 e. The Hall–Kier alpha value is -3.26. The van der Waals surface area contributed by atoms with Gasteiger partial charge in [0.1, 0.15) is 6.04 Å². The third-order valence-electron chi connectivity index (χ3n) is 5.06. The first-order valence-corrected chi connectivity index (χ1v) is 10.4. The molecular formula is C22H21N3O4S. The molecule has 0 bridgehead atoms. The molecule has 1 aliphatic heterocycles. The van der Waals surface area contributed by atoms with Gasteiger partial charge in [-0.1, -0.05) is 18.2 Å². The van der Waals surface area contributed by atoms with Crippen LogP contribution in [0.3, 0.4) is 0 Å². The fourth-order valence-electron chi connectivity index (χ4n) is 3.45. The summed E-state index contributed by atoms with van der Waals surface area (Å²) in [5.41, 5.74) is 2.82. The van der Waals surface area contributed by atoms with E-state index < -0.39 is 17.9 Å². The Balaban J connectivity index is 1.55. The third kappa shape index (κ3) is 3.91. The van der Waals surface area contributed by atoms with E-state index in [1.165, 1.54) is 18.9 Å². The van der Waals surface area contributed by atoms with Gasteiger partial charge in [0, 0.05) is 34.0 Å². The van der Waals surface area contributed by atoms with Gasteiger partial charge < -0.3 is 20.4 Å². The van der Waals surface area contributed by atoms with Crippen molar-refractivity contribution in [2.75, 3.05) is 12.4 Å². The van der Waals surface area contributed by atoms with Crippen LogP contribution in [-0.4, -0.2) is 41.2 Å². The molecule has 4 rings (SSSR count). The summed E-state index contributed by atoms with van der Waals surface area (Å²) < 4.78 is 4.90. The number of hydrogen-bond acceptors (Lipinski definition) is 5. The zero-order valence-corrected chi connectivity index (χ0v) is 17.3. The molecule has 0 saturated heterocycles. The summed E-state index contributed by atoms with van der Waals surface area (Å²) >= 11 is 1.45. The molecular weight excluding hydrogens is 402 g/mol. The highest BCUT2D eigenvalue weighted by Crippen LogP contribution is 2.35. The van der Waals surface area contributed by atoms with Gasteiger partial charge in [-0.15, -0.1) is 11.8 Å². The average molecular weight is 423 g/mol. The quantitative estimate of drug-likeness (QED) is 0.548. The van der Waals surface area contributed by atoms with Crippen LogP contribution in [-0.2, 0) is 20.7 Å². The molecule has 2 atom stereocenters. The lowest BCUT2D eigenvalue weighted by Gasteiger charge is -2.22. The van der Waals surface area contributed by atoms with Gasteiger partial charge in [0.15, 0.2) is 0 Å². The van der Waals surface area contributed by atoms with Gasteiger partial charge in [-0.2, -0.15) is 0 Å². The van der Waals surface area contributed by atoms with Crippen molar-refractivity contribution in [2.24, 2.45) is 0 Å². The Morgan fingerprint density at radius 1 is 1.23 bits per heavy atom. The van der Waals surface area contributed by atoms with Gasteiger partial charge in [-0.25, -0.2) is 4.79 Å². The number of aromatic amines is 1. The number of hydrogen-bond donors (Lipinski definition) is 3. The maximum atomic E-state index is 12.9. The number of fused-ring (bicyclic) bond motifs is 2. The van der Waals surface area contributed by atoms with Gasteiger partial charge in [0.2, 0.25) is 5.91 Å². The summed E-state index contributed by atoms with van der Waals surface area (Å²) in [6.07, 6.45) is 2.12. The SMILES string of the molecule is COC(=O)[C@@H](Cc1c[nH]c2ccccc12)NC(=O)c1ccc2c(c1)NC(=O)[C@H](C)S2. The topological polar surface area (TPSA) is 100 Å². The second kappa shape index (κ2) is 8.23. The Kier molecular flexibility index (Phi) is 5.50. The summed E-state index contributed by atoms with van der Waals surface area (Å²) in [4.78, 5) is 41.2. The minimum Gasteiger partial charge on any atom is -0.467 e. The first kappa shape index (κ1) is 20.0. The highest BCUT2D eigenvalue weighted by atomic mass is 32.2. The zero-order chi connectivity index (χ0) is 21.3. The first-order valence-electron chi connectivity index (χ1n) is 9.51. The number of para-hydroxylation sites is 1. The lowest BCUT2D eigenvalue weighted by molar-refractivity contribution is -0.142. The van der Waals surface area contributed by atoms with Crippen LogP contribution >= 0.6 is 11.8 Å². The lowest BCUT2D eigenvalue weighted by atomic mass is 10.0. The van der Waals surface area contributed by atoms with Crippen LogP contribution in [0, 0.1) is 0 Å². The van der Waals surface area contributed by atoms with Crippen LogP contribution in [0.25, 0.3) is 10.9 Å². The number of rotatable bonds is 5. The average Bonchev–Trinajstić information content (AvgIpc) is 3.16. The Labute approximate surface area is 177 Å². The molecule has 0 radical (unpaired) electrons. The molecule has 0 spiro atoms. The molecule has 0 aliphatic carbocycles. The molecule has 2 aromatic carbocycles. The predicted molar refractivity (Wildman–Crippen MR) is 116 cm³/mol. The standard InChI is InChI=1S/C22H21N3O4S/c1-12-20(26)24-17-9-13(7-8-19(17)30-12)21(27)25-18(22(28)29-2)10-14-11-23-16-6-4-3-5-15(14)16/h3-9,11-12,18,23H,10H2,1-2H3,(H,24,26)(H,25,27)/t12-,18+/m0/s1. The Bertz CT molecular complexity index is 1140. The third-order valence-corrected chi connectivity index (χ3v) is 6.24. The number of nitrogens with one attached hydrogen (secondary N) is 3. The van der Waals surface area contributed by atoms with Crippen LogP contribution < -0.4 is 10.6 Å². The fourth-order valence-corrected chi connectivity index (χ4v) is 4.38. The van der Waals surface area contributed by atoms with E-state index >= 15 is 0 Å². The molecule has 0 saturated carbocycles. The van der Waals surface area contributed by atoms with Gasteiger partial charge >= 0.3 is 5.97 Å². The van der Waals surface area contributed by atoms with E-state index in [2.05, 4.69) is 15.6 Å². The number of thioether (sulfide) groups is 1. The van der Waals surface area contributed by atoms with Gasteiger partial charge in [-0.05, 0) is 36.8 Å². The number of benzene rings is 2. The molecule has 1 aliphatic rings. The predicted octanol–water partition coefficient (Wildman–Crippen LogP) is 3.11. The van der Waals surface area contributed by atoms with Crippen molar-refractivity contribution in [2.45, 2.75) is 29.5 Å². The molecule has 0 fully saturated rings. The second-order valence-corrected chi connectivity index (χ2v) is 8.46. The van der Waals surface area contributed by atoms with E-state index in [4.69, 9.17) is 4.74 Å². The summed E-state index contributed by atoms with van der Waals surface area (Å²) in [6.45, 7) is 1.83. The molecule has 3 N–H and O–H groups in total. The maximum absolute atomic E-state index is 12.9. The number of amides is 2. The monoisotopic (exact) mass is 423 g/mol. The molecule has 0 unspecified atom stereocenters. The van der Waals surface area contributed by atoms with Crippen molar-refractivity contribution in [1.82, 2.24) is 10.3 Å². The highest BCUT2D eigenvalue weighted by Gasteiger charge is 2.26. The summed E-state index contributed by atoms with van der Waals surface area (Å²) in [5, 5.41) is 6.39. The number of esters is 1. The van der Waals surface area contributed by atoms with Gasteiger partial charge in [0.25, 0.3) is 5.91 Å². The van der Waals surface area contributed by atoms with Crippen molar-refractivity contribution >= 4 is 46.1 Å². The number of carbonyl (C=O) groups is 3. The number of carbonyl (C=O) groups excluding carboxylic acids is 3. The molecule has 1 aromatic heterocycles. The number of ether oxygens (including phenoxy) is 1.